The molecule has 0 saturated heterocycles. The number of alkyl halides is 3. The first kappa shape index (κ1) is 19.4. The van der Waals surface area contributed by atoms with E-state index in [2.05, 4.69) is 25.3 Å². The highest BCUT2D eigenvalue weighted by Crippen LogP contribution is 2.21. The van der Waals surface area contributed by atoms with Crippen LogP contribution in [0.1, 0.15) is 10.5 Å². The molecule has 3 aromatic rings. The molecule has 0 aliphatic carbocycles. The Balaban J connectivity index is 1.58. The molecule has 0 aliphatic heterocycles. The summed E-state index contributed by atoms with van der Waals surface area (Å²) >= 11 is 0. The van der Waals surface area contributed by atoms with Crippen LogP contribution < -0.4 is 10.1 Å². The van der Waals surface area contributed by atoms with E-state index in [9.17, 15) is 18.0 Å². The minimum Gasteiger partial charge on any atom is -0.497 e. The zero-order valence-electron chi connectivity index (χ0n) is 14.7. The Labute approximate surface area is 157 Å². The number of benzene rings is 1. The van der Waals surface area contributed by atoms with Gasteiger partial charge in [-0.3, -0.25) is 9.89 Å². The normalized spacial score (nSPS) is 11.4. The second kappa shape index (κ2) is 8.13. The quantitative estimate of drug-likeness (QED) is 0.641. The molecular formula is C17H16F3N5O3. The molecule has 1 amide bonds. The molecule has 0 bridgehead atoms. The van der Waals surface area contributed by atoms with Crippen LogP contribution in [0, 0.1) is 0 Å². The summed E-state index contributed by atoms with van der Waals surface area (Å²) in [5.41, 5.74) is 1.89. The van der Waals surface area contributed by atoms with Gasteiger partial charge in [-0.05, 0) is 30.3 Å². The summed E-state index contributed by atoms with van der Waals surface area (Å²) in [6, 6.07) is 8.75. The highest BCUT2D eigenvalue weighted by molar-refractivity contribution is 6.03. The van der Waals surface area contributed by atoms with Crippen molar-refractivity contribution >= 4 is 11.6 Å². The number of halogens is 3. The van der Waals surface area contributed by atoms with Gasteiger partial charge in [-0.2, -0.15) is 23.4 Å². The summed E-state index contributed by atoms with van der Waals surface area (Å²) in [7, 11) is 1.57. The van der Waals surface area contributed by atoms with E-state index < -0.39 is 18.7 Å². The third kappa shape index (κ3) is 5.10. The Bertz CT molecular complexity index is 934. The molecule has 1 aromatic carbocycles. The molecule has 0 unspecified atom stereocenters. The van der Waals surface area contributed by atoms with Gasteiger partial charge in [0.15, 0.2) is 0 Å². The fraction of sp³-hybridized carbons (Fsp3) is 0.235. The highest BCUT2D eigenvalue weighted by atomic mass is 19.4. The molecule has 8 nitrogen and oxygen atoms in total. The molecule has 28 heavy (non-hydrogen) atoms. The number of nitrogens with one attached hydrogen (secondary N) is 2. The lowest BCUT2D eigenvalue weighted by atomic mass is 10.1. The van der Waals surface area contributed by atoms with Gasteiger partial charge < -0.3 is 14.8 Å². The van der Waals surface area contributed by atoms with Gasteiger partial charge in [0.2, 0.25) is 0 Å². The first-order chi connectivity index (χ1) is 13.3. The molecule has 0 atom stereocenters. The largest absolute Gasteiger partial charge is 0.497 e. The molecule has 2 N–H and O–H groups in total. The monoisotopic (exact) mass is 395 g/mol. The number of carbonyl (C=O) groups excluding carboxylic acids is 1. The Kier molecular flexibility index (Phi) is 5.64. The summed E-state index contributed by atoms with van der Waals surface area (Å²) in [5.74, 6) is 0.233. The van der Waals surface area contributed by atoms with Crippen molar-refractivity contribution in [3.8, 4) is 17.0 Å². The molecule has 0 spiro atoms. The Hall–Kier alpha value is -3.34. The van der Waals surface area contributed by atoms with Gasteiger partial charge in [0.25, 0.3) is 5.91 Å². The minimum atomic E-state index is -4.41. The number of H-pyrrole nitrogens is 1. The van der Waals surface area contributed by atoms with Crippen molar-refractivity contribution in [3.05, 3.63) is 48.4 Å². The Morgan fingerprint density at radius 2 is 2.04 bits per heavy atom. The predicted octanol–water partition coefficient (Wildman–Crippen LogP) is 3.07. The number of amides is 1. The number of hydrogen-bond donors (Lipinski definition) is 2. The van der Waals surface area contributed by atoms with E-state index in [1.165, 1.54) is 12.4 Å². The van der Waals surface area contributed by atoms with Crippen molar-refractivity contribution < 1.29 is 27.4 Å². The Morgan fingerprint density at radius 3 is 2.71 bits per heavy atom. The van der Waals surface area contributed by atoms with Gasteiger partial charge in [0, 0.05) is 5.56 Å². The lowest BCUT2D eigenvalue weighted by Gasteiger charge is -2.07. The van der Waals surface area contributed by atoms with Crippen LogP contribution in [0.15, 0.2) is 42.7 Å². The van der Waals surface area contributed by atoms with E-state index in [1.54, 1.807) is 25.3 Å². The molecule has 11 heteroatoms. The van der Waals surface area contributed by atoms with E-state index in [4.69, 9.17) is 4.74 Å². The van der Waals surface area contributed by atoms with Crippen LogP contribution in [0.5, 0.6) is 5.75 Å². The maximum Gasteiger partial charge on any atom is 0.411 e. The zero-order valence-corrected chi connectivity index (χ0v) is 14.7. The lowest BCUT2D eigenvalue weighted by Crippen LogP contribution is -2.18. The van der Waals surface area contributed by atoms with Crippen LogP contribution in [0.3, 0.4) is 0 Å². The minimum absolute atomic E-state index is 0.215. The first-order valence-corrected chi connectivity index (χ1v) is 8.02. The second-order valence-corrected chi connectivity index (χ2v) is 5.71. The number of aromatic nitrogens is 4. The molecular weight excluding hydrogens is 379 g/mol. The van der Waals surface area contributed by atoms with Gasteiger partial charge in [-0.1, -0.05) is 0 Å². The topological polar surface area (TPSA) is 94.1 Å². The predicted molar refractivity (Wildman–Crippen MR) is 92.8 cm³/mol. The summed E-state index contributed by atoms with van der Waals surface area (Å²) in [5, 5.41) is 13.1. The number of rotatable bonds is 7. The average molecular weight is 395 g/mol. The standard InChI is InChI=1S/C17H16F3N5O3/c1-27-13-4-2-11(3-5-13)14-6-15(24-23-14)16(26)22-12-7-21-25(8-12)10-28-9-17(18,19)20/h2-8H,9-10H2,1H3,(H,22,26)(H,23,24). The van der Waals surface area contributed by atoms with E-state index >= 15 is 0 Å². The molecule has 0 aliphatic rings. The van der Waals surface area contributed by atoms with Crippen LogP contribution >= 0.6 is 0 Å². The summed E-state index contributed by atoms with van der Waals surface area (Å²) in [6.45, 7) is -1.77. The van der Waals surface area contributed by atoms with Crippen molar-refractivity contribution in [2.45, 2.75) is 12.9 Å². The molecule has 0 radical (unpaired) electrons. The van der Waals surface area contributed by atoms with Crippen LogP contribution in [0.2, 0.25) is 0 Å². The maximum absolute atomic E-state index is 12.3. The number of carbonyl (C=O) groups is 1. The first-order valence-electron chi connectivity index (χ1n) is 8.02. The van der Waals surface area contributed by atoms with Gasteiger partial charge in [0.05, 0.1) is 30.9 Å². The van der Waals surface area contributed by atoms with Crippen molar-refractivity contribution in [2.75, 3.05) is 19.0 Å². The number of anilines is 1. The number of ether oxygens (including phenoxy) is 2. The van der Waals surface area contributed by atoms with E-state index in [0.29, 0.717) is 17.1 Å². The van der Waals surface area contributed by atoms with Crippen LogP contribution in [-0.4, -0.2) is 45.8 Å². The van der Waals surface area contributed by atoms with Crippen molar-refractivity contribution in [3.63, 3.8) is 0 Å². The SMILES string of the molecule is COc1ccc(-c2cc(C(=O)Nc3cnn(COCC(F)(F)F)c3)[nH]n2)cc1. The van der Waals surface area contributed by atoms with E-state index in [1.807, 2.05) is 12.1 Å². The molecule has 0 saturated carbocycles. The van der Waals surface area contributed by atoms with Gasteiger partial charge in [0.1, 0.15) is 24.8 Å². The summed E-state index contributed by atoms with van der Waals surface area (Å²) < 4.78 is 46.9. The van der Waals surface area contributed by atoms with E-state index in [0.717, 1.165) is 10.2 Å². The van der Waals surface area contributed by atoms with Crippen molar-refractivity contribution in [2.24, 2.45) is 0 Å². The smallest absolute Gasteiger partial charge is 0.411 e. The Morgan fingerprint density at radius 1 is 1.29 bits per heavy atom. The third-order valence-corrected chi connectivity index (χ3v) is 3.59. The average Bonchev–Trinajstić information content (AvgIpc) is 3.30. The molecule has 2 heterocycles. The van der Waals surface area contributed by atoms with Gasteiger partial charge in [-0.25, -0.2) is 4.68 Å². The zero-order chi connectivity index (χ0) is 20.1. The molecule has 148 valence electrons. The van der Waals surface area contributed by atoms with E-state index in [-0.39, 0.29) is 12.4 Å². The van der Waals surface area contributed by atoms with Crippen LogP contribution in [0.25, 0.3) is 11.3 Å². The number of methoxy groups -OCH3 is 1. The lowest BCUT2D eigenvalue weighted by molar-refractivity contribution is -0.182. The maximum atomic E-state index is 12.3. The summed E-state index contributed by atoms with van der Waals surface area (Å²) in [4.78, 5) is 12.3. The molecule has 0 fully saturated rings. The van der Waals surface area contributed by atoms with Crippen LogP contribution in [-0.2, 0) is 11.5 Å². The number of aromatic amines is 1. The number of nitrogens with zero attached hydrogens (tertiary/aromatic N) is 3. The van der Waals surface area contributed by atoms with Gasteiger partial charge in [-0.15, -0.1) is 0 Å². The molecule has 2 aromatic heterocycles. The third-order valence-electron chi connectivity index (χ3n) is 3.59. The second-order valence-electron chi connectivity index (χ2n) is 5.71. The number of hydrogen-bond acceptors (Lipinski definition) is 5. The van der Waals surface area contributed by atoms with Crippen molar-refractivity contribution in [1.82, 2.24) is 20.0 Å². The highest BCUT2D eigenvalue weighted by Gasteiger charge is 2.27. The molecule has 3 rings (SSSR count). The fourth-order valence-electron chi connectivity index (χ4n) is 2.30. The van der Waals surface area contributed by atoms with Gasteiger partial charge >= 0.3 is 6.18 Å². The fourth-order valence-corrected chi connectivity index (χ4v) is 2.30. The van der Waals surface area contributed by atoms with Crippen LogP contribution in [0.4, 0.5) is 18.9 Å². The summed E-state index contributed by atoms with van der Waals surface area (Å²) in [6.07, 6.45) is -1.75. The van der Waals surface area contributed by atoms with Crippen molar-refractivity contribution in [1.29, 1.82) is 0 Å².